The normalized spacial score (nSPS) is 13.0. The van der Waals surface area contributed by atoms with Crippen LogP contribution in [0.1, 0.15) is 57.7 Å². The smallest absolute Gasteiger partial charge is 0.0956 e. The van der Waals surface area contributed by atoms with E-state index in [0.29, 0.717) is 0 Å². The molecule has 3 heteroatoms. The molecule has 0 radical (unpaired) electrons. The van der Waals surface area contributed by atoms with Gasteiger partial charge in [-0.1, -0.05) is 32.6 Å². The number of aliphatic hydroxyl groups excluding tert-OH is 1. The van der Waals surface area contributed by atoms with Crippen molar-refractivity contribution in [2.45, 2.75) is 58.6 Å². The highest BCUT2D eigenvalue weighted by molar-refractivity contribution is 5.04. The molecule has 3 nitrogen and oxygen atoms in total. The molecule has 1 rings (SSSR count). The number of rotatable bonds is 7. The summed E-state index contributed by atoms with van der Waals surface area (Å²) in [5.74, 6) is 0. The Balaban J connectivity index is 2.36. The largest absolute Gasteiger partial charge is 0.387 e. The molecule has 0 amide bonds. The summed E-state index contributed by atoms with van der Waals surface area (Å²) in [6.45, 7) is 5.07. The maximum Gasteiger partial charge on any atom is 0.0956 e. The monoisotopic (exact) mass is 210 g/mol. The molecule has 0 spiro atoms. The van der Waals surface area contributed by atoms with E-state index in [1.165, 1.54) is 19.3 Å². The highest BCUT2D eigenvalue weighted by Crippen LogP contribution is 2.19. The van der Waals surface area contributed by atoms with Gasteiger partial charge < -0.3 is 5.11 Å². The van der Waals surface area contributed by atoms with Crippen LogP contribution >= 0.6 is 0 Å². The molecule has 1 heterocycles. The minimum Gasteiger partial charge on any atom is -0.387 e. The van der Waals surface area contributed by atoms with Crippen molar-refractivity contribution in [1.82, 2.24) is 9.78 Å². The van der Waals surface area contributed by atoms with E-state index in [4.69, 9.17) is 0 Å². The third-order valence-electron chi connectivity index (χ3n) is 2.72. The van der Waals surface area contributed by atoms with Gasteiger partial charge in [-0.25, -0.2) is 0 Å². The molecular weight excluding hydrogens is 188 g/mol. The summed E-state index contributed by atoms with van der Waals surface area (Å²) in [5, 5.41) is 14.1. The van der Waals surface area contributed by atoms with Gasteiger partial charge in [0, 0.05) is 12.7 Å². The van der Waals surface area contributed by atoms with Crippen molar-refractivity contribution in [2.75, 3.05) is 0 Å². The third-order valence-corrected chi connectivity index (χ3v) is 2.72. The van der Waals surface area contributed by atoms with Gasteiger partial charge in [0.1, 0.15) is 0 Å². The summed E-state index contributed by atoms with van der Waals surface area (Å²) in [6, 6.07) is 1.91. The van der Waals surface area contributed by atoms with Crippen LogP contribution in [-0.2, 0) is 6.54 Å². The molecule has 0 aliphatic rings. The Labute approximate surface area is 92.1 Å². The maximum absolute atomic E-state index is 9.96. The molecule has 15 heavy (non-hydrogen) atoms. The van der Waals surface area contributed by atoms with Gasteiger partial charge in [-0.3, -0.25) is 4.68 Å². The van der Waals surface area contributed by atoms with Crippen LogP contribution < -0.4 is 0 Å². The summed E-state index contributed by atoms with van der Waals surface area (Å²) in [7, 11) is 0. The molecule has 86 valence electrons. The first-order valence-electron chi connectivity index (χ1n) is 5.99. The fourth-order valence-electron chi connectivity index (χ4n) is 1.80. The van der Waals surface area contributed by atoms with Gasteiger partial charge in [0.05, 0.1) is 11.8 Å². The molecule has 1 unspecified atom stereocenters. The van der Waals surface area contributed by atoms with Crippen LogP contribution in [-0.4, -0.2) is 14.9 Å². The highest BCUT2D eigenvalue weighted by Gasteiger charge is 2.11. The number of aliphatic hydroxyl groups is 1. The molecule has 0 fully saturated rings. The fraction of sp³-hybridized carbons (Fsp3) is 0.750. The van der Waals surface area contributed by atoms with Gasteiger partial charge in [-0.2, -0.15) is 5.10 Å². The molecule has 0 saturated carbocycles. The van der Waals surface area contributed by atoms with E-state index < -0.39 is 0 Å². The lowest BCUT2D eigenvalue weighted by atomic mass is 10.1. The van der Waals surface area contributed by atoms with Crippen LogP contribution in [0.25, 0.3) is 0 Å². The summed E-state index contributed by atoms with van der Waals surface area (Å²) >= 11 is 0. The van der Waals surface area contributed by atoms with Crippen LogP contribution in [0.4, 0.5) is 0 Å². The number of aromatic nitrogens is 2. The van der Waals surface area contributed by atoms with Crippen molar-refractivity contribution in [2.24, 2.45) is 0 Å². The van der Waals surface area contributed by atoms with Crippen LogP contribution in [0.3, 0.4) is 0 Å². The zero-order valence-electron chi connectivity index (χ0n) is 9.82. The fourth-order valence-corrected chi connectivity index (χ4v) is 1.80. The lowest BCUT2D eigenvalue weighted by Gasteiger charge is -2.11. The number of hydrogen-bond acceptors (Lipinski definition) is 2. The van der Waals surface area contributed by atoms with Crippen LogP contribution in [0.5, 0.6) is 0 Å². The standard InChI is InChI=1S/C12H22N2O/c1-3-5-6-7-8-12(15)11-9-10-13-14(11)4-2/h9-10,12,15H,3-8H2,1-2H3. The molecule has 0 bridgehead atoms. The third kappa shape index (κ3) is 3.67. The average molecular weight is 210 g/mol. The summed E-state index contributed by atoms with van der Waals surface area (Å²) in [6.07, 6.45) is 7.09. The quantitative estimate of drug-likeness (QED) is 0.703. The second-order valence-corrected chi connectivity index (χ2v) is 3.94. The van der Waals surface area contributed by atoms with Crippen LogP contribution in [0.15, 0.2) is 12.3 Å². The summed E-state index contributed by atoms with van der Waals surface area (Å²) in [4.78, 5) is 0. The zero-order chi connectivity index (χ0) is 11.1. The summed E-state index contributed by atoms with van der Waals surface area (Å²) < 4.78 is 1.87. The van der Waals surface area contributed by atoms with Crippen molar-refractivity contribution in [1.29, 1.82) is 0 Å². The average Bonchev–Trinajstić information content (AvgIpc) is 2.72. The number of unbranched alkanes of at least 4 members (excludes halogenated alkanes) is 3. The Bertz CT molecular complexity index is 270. The molecule has 1 atom stereocenters. The van der Waals surface area contributed by atoms with Gasteiger partial charge in [0.2, 0.25) is 0 Å². The molecular formula is C12H22N2O. The first kappa shape index (κ1) is 12.2. The molecule has 0 aromatic carbocycles. The van der Waals surface area contributed by atoms with Crippen molar-refractivity contribution in [3.8, 4) is 0 Å². The van der Waals surface area contributed by atoms with E-state index in [9.17, 15) is 5.11 Å². The Morgan fingerprint density at radius 1 is 1.33 bits per heavy atom. The van der Waals surface area contributed by atoms with Gasteiger partial charge in [0.25, 0.3) is 0 Å². The van der Waals surface area contributed by atoms with Crippen molar-refractivity contribution < 1.29 is 5.11 Å². The Morgan fingerprint density at radius 2 is 2.13 bits per heavy atom. The molecule has 1 aromatic heterocycles. The SMILES string of the molecule is CCCCCCC(O)c1ccnn1CC. The molecule has 0 saturated heterocycles. The van der Waals surface area contributed by atoms with Gasteiger partial charge in [0.15, 0.2) is 0 Å². The van der Waals surface area contributed by atoms with Crippen molar-refractivity contribution >= 4 is 0 Å². The number of aryl methyl sites for hydroxylation is 1. The Kier molecular flexibility index (Phi) is 5.40. The predicted molar refractivity (Wildman–Crippen MR) is 61.6 cm³/mol. The van der Waals surface area contributed by atoms with E-state index >= 15 is 0 Å². The molecule has 1 N–H and O–H groups in total. The van der Waals surface area contributed by atoms with Crippen molar-refractivity contribution in [3.05, 3.63) is 18.0 Å². The highest BCUT2D eigenvalue weighted by atomic mass is 16.3. The zero-order valence-corrected chi connectivity index (χ0v) is 9.82. The second-order valence-electron chi connectivity index (χ2n) is 3.94. The second kappa shape index (κ2) is 6.62. The van der Waals surface area contributed by atoms with E-state index in [0.717, 1.165) is 25.1 Å². The van der Waals surface area contributed by atoms with Gasteiger partial charge in [-0.15, -0.1) is 0 Å². The topological polar surface area (TPSA) is 38.1 Å². The molecule has 1 aromatic rings. The van der Waals surface area contributed by atoms with E-state index in [1.807, 2.05) is 17.7 Å². The maximum atomic E-state index is 9.96. The lowest BCUT2D eigenvalue weighted by molar-refractivity contribution is 0.152. The van der Waals surface area contributed by atoms with Gasteiger partial charge >= 0.3 is 0 Å². The van der Waals surface area contributed by atoms with Gasteiger partial charge in [-0.05, 0) is 19.4 Å². The van der Waals surface area contributed by atoms with E-state index in [2.05, 4.69) is 12.0 Å². The number of nitrogens with zero attached hydrogens (tertiary/aromatic N) is 2. The minimum absolute atomic E-state index is 0.343. The molecule has 0 aliphatic carbocycles. The van der Waals surface area contributed by atoms with E-state index in [-0.39, 0.29) is 6.10 Å². The van der Waals surface area contributed by atoms with E-state index in [1.54, 1.807) is 6.20 Å². The first-order valence-corrected chi connectivity index (χ1v) is 5.99. The first-order chi connectivity index (χ1) is 7.29. The Morgan fingerprint density at radius 3 is 2.80 bits per heavy atom. The Hall–Kier alpha value is -0.830. The minimum atomic E-state index is -0.343. The molecule has 0 aliphatic heterocycles. The van der Waals surface area contributed by atoms with Crippen molar-refractivity contribution in [3.63, 3.8) is 0 Å². The predicted octanol–water partition coefficient (Wildman–Crippen LogP) is 2.91. The lowest BCUT2D eigenvalue weighted by Crippen LogP contribution is -2.07. The number of hydrogen-bond donors (Lipinski definition) is 1. The van der Waals surface area contributed by atoms with Crippen LogP contribution in [0, 0.1) is 0 Å². The van der Waals surface area contributed by atoms with Crippen LogP contribution in [0.2, 0.25) is 0 Å². The summed E-state index contributed by atoms with van der Waals surface area (Å²) in [5.41, 5.74) is 0.953.